The van der Waals surface area contributed by atoms with E-state index in [0.29, 0.717) is 24.7 Å². The highest BCUT2D eigenvalue weighted by Gasteiger charge is 2.30. The highest BCUT2D eigenvalue weighted by molar-refractivity contribution is 5.92. The maximum atomic E-state index is 12.1. The summed E-state index contributed by atoms with van der Waals surface area (Å²) in [4.78, 5) is 13.7. The quantitative estimate of drug-likeness (QED) is 0.836. The van der Waals surface area contributed by atoms with E-state index in [4.69, 9.17) is 4.52 Å². The van der Waals surface area contributed by atoms with Crippen LogP contribution in [0, 0.1) is 0 Å². The highest BCUT2D eigenvalue weighted by Crippen LogP contribution is 2.40. The van der Waals surface area contributed by atoms with Gasteiger partial charge < -0.3 is 14.5 Å². The van der Waals surface area contributed by atoms with Gasteiger partial charge in [-0.25, -0.2) is 0 Å². The summed E-state index contributed by atoms with van der Waals surface area (Å²) in [6, 6.07) is 1.75. The summed E-state index contributed by atoms with van der Waals surface area (Å²) in [6.45, 7) is 1.10. The van der Waals surface area contributed by atoms with Crippen LogP contribution in [0.3, 0.4) is 0 Å². The number of likely N-dealkylation sites (tertiary alicyclic amines) is 1. The molecule has 1 saturated carbocycles. The Hall–Kier alpha value is -1.36. The molecule has 1 unspecified atom stereocenters. The first-order valence-corrected chi connectivity index (χ1v) is 6.18. The Morgan fingerprint density at radius 3 is 3.00 bits per heavy atom. The average molecular weight is 236 g/mol. The van der Waals surface area contributed by atoms with Crippen LogP contribution < -0.4 is 0 Å². The van der Waals surface area contributed by atoms with Crippen LogP contribution in [0.5, 0.6) is 0 Å². The number of aromatic nitrogens is 1. The minimum Gasteiger partial charge on any atom is -0.391 e. The lowest BCUT2D eigenvalue weighted by molar-refractivity contribution is 0.0465. The van der Waals surface area contributed by atoms with Crippen molar-refractivity contribution in [2.75, 3.05) is 13.1 Å². The van der Waals surface area contributed by atoms with Gasteiger partial charge in [0.25, 0.3) is 5.91 Å². The molecule has 1 N–H and O–H groups in total. The molecule has 3 rings (SSSR count). The van der Waals surface area contributed by atoms with Crippen LogP contribution in [-0.2, 0) is 0 Å². The summed E-state index contributed by atoms with van der Waals surface area (Å²) in [6.07, 6.45) is 3.48. The first-order chi connectivity index (χ1) is 8.24. The number of piperidine rings is 1. The minimum absolute atomic E-state index is 0.126. The van der Waals surface area contributed by atoms with Crippen LogP contribution >= 0.6 is 0 Å². The number of aliphatic hydroxyl groups excluding tert-OH is 1. The van der Waals surface area contributed by atoms with E-state index >= 15 is 0 Å². The third kappa shape index (κ3) is 2.20. The zero-order valence-electron chi connectivity index (χ0n) is 9.63. The smallest absolute Gasteiger partial charge is 0.276 e. The lowest BCUT2D eigenvalue weighted by Gasteiger charge is -2.29. The van der Waals surface area contributed by atoms with Gasteiger partial charge in [0, 0.05) is 25.1 Å². The van der Waals surface area contributed by atoms with Crippen molar-refractivity contribution in [3.05, 3.63) is 17.5 Å². The Kier molecular flexibility index (Phi) is 2.63. The van der Waals surface area contributed by atoms with Gasteiger partial charge in [0.15, 0.2) is 5.69 Å². The van der Waals surface area contributed by atoms with Crippen molar-refractivity contribution in [1.82, 2.24) is 10.1 Å². The van der Waals surface area contributed by atoms with Crippen molar-refractivity contribution in [2.45, 2.75) is 37.7 Å². The van der Waals surface area contributed by atoms with Gasteiger partial charge in [-0.1, -0.05) is 5.16 Å². The highest BCUT2D eigenvalue weighted by atomic mass is 16.5. The molecular weight excluding hydrogens is 220 g/mol. The second-order valence-electron chi connectivity index (χ2n) is 4.94. The van der Waals surface area contributed by atoms with Gasteiger partial charge in [-0.05, 0) is 25.7 Å². The van der Waals surface area contributed by atoms with E-state index < -0.39 is 6.10 Å². The summed E-state index contributed by atoms with van der Waals surface area (Å²) in [5, 5.41) is 13.4. The fourth-order valence-corrected chi connectivity index (χ4v) is 2.25. The molecule has 1 aliphatic heterocycles. The minimum atomic E-state index is -0.400. The largest absolute Gasteiger partial charge is 0.391 e. The molecule has 0 spiro atoms. The number of amides is 1. The Labute approximate surface area is 99.4 Å². The molecular formula is C12H16N2O3. The molecule has 1 aliphatic carbocycles. The monoisotopic (exact) mass is 236 g/mol. The van der Waals surface area contributed by atoms with E-state index in [2.05, 4.69) is 5.16 Å². The van der Waals surface area contributed by atoms with Gasteiger partial charge in [-0.15, -0.1) is 0 Å². The van der Waals surface area contributed by atoms with Crippen molar-refractivity contribution in [3.8, 4) is 0 Å². The molecule has 0 aromatic carbocycles. The van der Waals surface area contributed by atoms with Crippen LogP contribution in [-0.4, -0.2) is 40.3 Å². The van der Waals surface area contributed by atoms with E-state index in [-0.39, 0.29) is 5.91 Å². The van der Waals surface area contributed by atoms with E-state index in [1.54, 1.807) is 11.0 Å². The van der Waals surface area contributed by atoms with Crippen molar-refractivity contribution >= 4 is 5.91 Å². The van der Waals surface area contributed by atoms with E-state index in [9.17, 15) is 9.90 Å². The zero-order valence-corrected chi connectivity index (χ0v) is 9.63. The molecule has 2 aliphatic rings. The van der Waals surface area contributed by atoms with Crippen molar-refractivity contribution in [1.29, 1.82) is 0 Å². The maximum Gasteiger partial charge on any atom is 0.276 e. The molecule has 5 nitrogen and oxygen atoms in total. The molecule has 5 heteroatoms. The second-order valence-corrected chi connectivity index (χ2v) is 4.94. The predicted molar refractivity (Wildman–Crippen MR) is 59.6 cm³/mol. The summed E-state index contributed by atoms with van der Waals surface area (Å²) in [7, 11) is 0. The number of carbonyl (C=O) groups is 1. The number of aliphatic hydroxyl groups is 1. The molecule has 2 fully saturated rings. The van der Waals surface area contributed by atoms with E-state index in [1.165, 1.54) is 0 Å². The van der Waals surface area contributed by atoms with Gasteiger partial charge in [0.2, 0.25) is 0 Å². The van der Waals surface area contributed by atoms with E-state index in [1.807, 2.05) is 0 Å². The summed E-state index contributed by atoms with van der Waals surface area (Å²) in [5.74, 6) is 1.17. The van der Waals surface area contributed by atoms with Gasteiger partial charge in [-0.2, -0.15) is 0 Å². The Balaban J connectivity index is 1.71. The fraction of sp³-hybridized carbons (Fsp3) is 0.667. The van der Waals surface area contributed by atoms with Crippen molar-refractivity contribution < 1.29 is 14.4 Å². The molecule has 1 aromatic heterocycles. The molecule has 1 atom stereocenters. The zero-order chi connectivity index (χ0) is 11.8. The van der Waals surface area contributed by atoms with Crippen molar-refractivity contribution in [3.63, 3.8) is 0 Å². The third-order valence-electron chi connectivity index (χ3n) is 3.41. The number of rotatable bonds is 2. The number of carbonyl (C=O) groups excluding carboxylic acids is 1. The Morgan fingerprint density at radius 2 is 2.29 bits per heavy atom. The first kappa shape index (κ1) is 10.8. The third-order valence-corrected chi connectivity index (χ3v) is 3.41. The van der Waals surface area contributed by atoms with Crippen LogP contribution in [0.25, 0.3) is 0 Å². The van der Waals surface area contributed by atoms with E-state index in [0.717, 1.165) is 31.4 Å². The average Bonchev–Trinajstić information content (AvgIpc) is 3.07. The first-order valence-electron chi connectivity index (χ1n) is 6.18. The van der Waals surface area contributed by atoms with Crippen molar-refractivity contribution in [2.24, 2.45) is 0 Å². The number of hydrogen-bond acceptors (Lipinski definition) is 4. The van der Waals surface area contributed by atoms with Crippen LogP contribution in [0.1, 0.15) is 47.8 Å². The molecule has 1 aromatic rings. The Morgan fingerprint density at radius 1 is 1.47 bits per heavy atom. The van der Waals surface area contributed by atoms with Crippen LogP contribution in [0.2, 0.25) is 0 Å². The SMILES string of the molecule is O=C(c1cc(C2CC2)on1)N1CCCC(O)C1. The molecule has 1 saturated heterocycles. The number of hydrogen-bond donors (Lipinski definition) is 1. The second kappa shape index (κ2) is 4.14. The fourth-order valence-electron chi connectivity index (χ4n) is 2.25. The molecule has 17 heavy (non-hydrogen) atoms. The standard InChI is InChI=1S/C12H16N2O3/c15-9-2-1-5-14(7-9)12(16)10-6-11(17-13-10)8-3-4-8/h6,8-9,15H,1-5,7H2. The van der Waals surface area contributed by atoms with Crippen LogP contribution in [0.15, 0.2) is 10.6 Å². The Bertz CT molecular complexity index is 425. The molecule has 92 valence electrons. The lowest BCUT2D eigenvalue weighted by atomic mass is 10.1. The molecule has 0 radical (unpaired) electrons. The molecule has 0 bridgehead atoms. The topological polar surface area (TPSA) is 66.6 Å². The maximum absolute atomic E-state index is 12.1. The van der Waals surface area contributed by atoms with Gasteiger partial charge in [0.05, 0.1) is 6.10 Å². The summed E-state index contributed by atoms with van der Waals surface area (Å²) < 4.78 is 5.17. The summed E-state index contributed by atoms with van der Waals surface area (Å²) in [5.41, 5.74) is 0.376. The summed E-state index contributed by atoms with van der Waals surface area (Å²) >= 11 is 0. The molecule has 2 heterocycles. The van der Waals surface area contributed by atoms with Gasteiger partial charge in [0.1, 0.15) is 5.76 Å². The number of β-amino-alcohol motifs (C(OH)–C–C–N with tert-alkyl or cyclic N) is 1. The van der Waals surface area contributed by atoms with Crippen LogP contribution in [0.4, 0.5) is 0 Å². The normalized spacial score (nSPS) is 25.0. The van der Waals surface area contributed by atoms with Gasteiger partial charge >= 0.3 is 0 Å². The number of nitrogens with zero attached hydrogens (tertiary/aromatic N) is 2. The van der Waals surface area contributed by atoms with Gasteiger partial charge in [-0.3, -0.25) is 4.79 Å². The predicted octanol–water partition coefficient (Wildman–Crippen LogP) is 1.15. The lowest BCUT2D eigenvalue weighted by Crippen LogP contribution is -2.42. The molecule has 1 amide bonds.